The van der Waals surface area contributed by atoms with Gasteiger partial charge in [0.05, 0.1) is 12.2 Å². The van der Waals surface area contributed by atoms with Crippen molar-refractivity contribution < 1.29 is 23.9 Å². The minimum Gasteiger partial charge on any atom is -0.462 e. The van der Waals surface area contributed by atoms with Crippen LogP contribution in [0.25, 0.3) is 6.08 Å². The number of ether oxygens (including phenoxy) is 1. The van der Waals surface area contributed by atoms with Crippen LogP contribution in [0.15, 0.2) is 150 Å². The Kier molecular flexibility index (Phi) is 14.1. The molecule has 5 aromatic carbocycles. The predicted molar refractivity (Wildman–Crippen MR) is 246 cm³/mol. The van der Waals surface area contributed by atoms with Crippen LogP contribution in [-0.4, -0.2) is 55.8 Å². The molecule has 1 aromatic heterocycles. The average molecular weight is 850 g/mol. The molecule has 0 fully saturated rings. The fourth-order valence-corrected chi connectivity index (χ4v) is 9.34. The lowest BCUT2D eigenvalue weighted by atomic mass is 10.0. The van der Waals surface area contributed by atoms with Crippen LogP contribution in [0.5, 0.6) is 0 Å². The number of amides is 3. The van der Waals surface area contributed by atoms with Gasteiger partial charge in [0, 0.05) is 60.4 Å². The summed E-state index contributed by atoms with van der Waals surface area (Å²) in [6.45, 7) is 4.20. The number of nitrogens with zero attached hydrogens (tertiary/aromatic N) is 2. The number of carbonyl (C=O) groups excluding carboxylic acids is 4. The van der Waals surface area contributed by atoms with Crippen LogP contribution >= 0.6 is 23.1 Å². The summed E-state index contributed by atoms with van der Waals surface area (Å²) in [6.07, 6.45) is 2.30. The first kappa shape index (κ1) is 42.6. The first-order valence-electron chi connectivity index (χ1n) is 20.0. The average Bonchev–Trinajstić information content (AvgIpc) is 3.63. The molecular weight excluding hydrogens is 803 g/mol. The molecule has 3 N–H and O–H groups in total. The summed E-state index contributed by atoms with van der Waals surface area (Å²) < 4.78 is 5.52. The van der Waals surface area contributed by atoms with Crippen molar-refractivity contribution in [1.82, 2.24) is 10.2 Å². The van der Waals surface area contributed by atoms with Crippen LogP contribution in [0, 0.1) is 0 Å². The van der Waals surface area contributed by atoms with Crippen molar-refractivity contribution in [3.05, 3.63) is 183 Å². The van der Waals surface area contributed by atoms with Crippen LogP contribution < -0.4 is 20.9 Å². The molecule has 10 nitrogen and oxygen atoms in total. The van der Waals surface area contributed by atoms with E-state index in [0.29, 0.717) is 39.7 Å². The number of hydrogen-bond acceptors (Lipinski definition) is 9. The molecule has 0 saturated carbocycles. The molecule has 2 heterocycles. The molecule has 0 saturated heterocycles. The maximum absolute atomic E-state index is 14.5. The molecule has 1 aliphatic rings. The molecule has 0 spiro atoms. The summed E-state index contributed by atoms with van der Waals surface area (Å²) in [7, 11) is 3.89. The van der Waals surface area contributed by atoms with E-state index in [1.54, 1.807) is 55.5 Å². The molecule has 1 aliphatic heterocycles. The third-order valence-electron chi connectivity index (χ3n) is 10.0. The highest BCUT2D eigenvalue weighted by Crippen LogP contribution is 2.41. The van der Waals surface area contributed by atoms with Crippen LogP contribution in [0.2, 0.25) is 0 Å². The van der Waals surface area contributed by atoms with Crippen molar-refractivity contribution >= 4 is 69.2 Å². The smallest absolute Gasteiger partial charge is 0.341 e. The summed E-state index contributed by atoms with van der Waals surface area (Å²) in [5, 5.41) is 8.65. The second kappa shape index (κ2) is 20.2. The van der Waals surface area contributed by atoms with Gasteiger partial charge >= 0.3 is 5.97 Å². The Morgan fingerprint density at radius 1 is 0.836 bits per heavy atom. The van der Waals surface area contributed by atoms with E-state index in [1.807, 2.05) is 104 Å². The number of nitrogens with one attached hydrogen (secondary N) is 3. The number of esters is 1. The summed E-state index contributed by atoms with van der Waals surface area (Å²) in [6, 6.07) is 43.3. The largest absolute Gasteiger partial charge is 0.462 e. The molecule has 6 aromatic rings. The Morgan fingerprint density at radius 3 is 2.21 bits per heavy atom. The molecule has 1 atom stereocenters. The zero-order valence-corrected chi connectivity index (χ0v) is 35.9. The van der Waals surface area contributed by atoms with Crippen LogP contribution in [-0.2, 0) is 33.8 Å². The number of rotatable bonds is 15. The number of carbonyl (C=O) groups is 4. The second-order valence-electron chi connectivity index (χ2n) is 14.6. The minimum atomic E-state index is -0.721. The zero-order valence-electron chi connectivity index (χ0n) is 34.2. The fraction of sp³-hybridized carbons (Fsp3) is 0.184. The SMILES string of the molecule is CCOC(=O)c1c(NC(=O)C(Sc2cccc(NC(=O)/C(=C\c3ccc(N(C)C)cc3)NC(=O)c3ccccc3)c2)c2ccccc2)sc2c1CCN(Cc1ccccc1)C2. The van der Waals surface area contributed by atoms with E-state index in [4.69, 9.17) is 4.74 Å². The van der Waals surface area contributed by atoms with E-state index in [1.165, 1.54) is 28.7 Å². The monoisotopic (exact) mass is 849 g/mol. The number of hydrogen-bond donors (Lipinski definition) is 3. The van der Waals surface area contributed by atoms with Crippen LogP contribution in [0.4, 0.5) is 16.4 Å². The lowest BCUT2D eigenvalue weighted by molar-refractivity contribution is -0.116. The van der Waals surface area contributed by atoms with Gasteiger partial charge in [0.15, 0.2) is 0 Å². The van der Waals surface area contributed by atoms with E-state index >= 15 is 0 Å². The summed E-state index contributed by atoms with van der Waals surface area (Å²) in [4.78, 5) is 61.2. The van der Waals surface area contributed by atoms with Gasteiger partial charge in [-0.2, -0.15) is 0 Å². The molecule has 310 valence electrons. The fourth-order valence-electron chi connectivity index (χ4n) is 6.98. The van der Waals surface area contributed by atoms with Crippen LogP contribution in [0.1, 0.15) is 60.0 Å². The quantitative estimate of drug-likeness (QED) is 0.0532. The van der Waals surface area contributed by atoms with Crippen molar-refractivity contribution in [3.63, 3.8) is 0 Å². The molecule has 3 amide bonds. The zero-order chi connectivity index (χ0) is 42.7. The molecule has 0 bridgehead atoms. The minimum absolute atomic E-state index is 0.0605. The number of benzene rings is 5. The highest BCUT2D eigenvalue weighted by atomic mass is 32.2. The maximum atomic E-state index is 14.5. The Hall–Kier alpha value is -6.47. The highest BCUT2D eigenvalue weighted by molar-refractivity contribution is 8.00. The van der Waals surface area contributed by atoms with Gasteiger partial charge in [-0.3, -0.25) is 19.3 Å². The van der Waals surface area contributed by atoms with Crippen LogP contribution in [0.3, 0.4) is 0 Å². The lowest BCUT2D eigenvalue weighted by Gasteiger charge is -2.27. The second-order valence-corrected chi connectivity index (χ2v) is 16.9. The Labute approximate surface area is 364 Å². The van der Waals surface area contributed by atoms with Gasteiger partial charge < -0.3 is 25.6 Å². The molecule has 7 rings (SSSR count). The van der Waals surface area contributed by atoms with Gasteiger partial charge in [-0.05, 0) is 84.1 Å². The van der Waals surface area contributed by atoms with Crippen molar-refractivity contribution in [2.24, 2.45) is 0 Å². The van der Waals surface area contributed by atoms with Crippen molar-refractivity contribution in [2.75, 3.05) is 42.8 Å². The molecule has 0 radical (unpaired) electrons. The first-order chi connectivity index (χ1) is 29.6. The number of fused-ring (bicyclic) bond motifs is 1. The third-order valence-corrected chi connectivity index (χ3v) is 12.4. The molecule has 0 aliphatic carbocycles. The Morgan fingerprint density at radius 2 is 1.52 bits per heavy atom. The Balaban J connectivity index is 1.12. The molecule has 12 heteroatoms. The number of anilines is 3. The van der Waals surface area contributed by atoms with E-state index in [-0.39, 0.29) is 18.2 Å². The van der Waals surface area contributed by atoms with Gasteiger partial charge in [0.25, 0.3) is 11.8 Å². The van der Waals surface area contributed by atoms with Gasteiger partial charge in [-0.1, -0.05) is 97.1 Å². The molecular formula is C49H47N5O5S2. The summed E-state index contributed by atoms with van der Waals surface area (Å²) >= 11 is 2.75. The Bertz CT molecular complexity index is 2510. The predicted octanol–water partition coefficient (Wildman–Crippen LogP) is 9.43. The van der Waals surface area contributed by atoms with Crippen molar-refractivity contribution in [2.45, 2.75) is 36.6 Å². The summed E-state index contributed by atoms with van der Waals surface area (Å²) in [5.41, 5.74) is 6.00. The normalized spacial score (nSPS) is 13.1. The summed E-state index contributed by atoms with van der Waals surface area (Å²) in [5.74, 6) is -1.69. The lowest BCUT2D eigenvalue weighted by Crippen LogP contribution is -2.30. The standard InChI is InChI=1S/C49H47N5O5S2/c1-4-59-49(58)43-40-27-28-54(31-34-15-8-5-9-16-34)32-42(40)61-48(43)52-47(57)44(35-17-10-6-11-18-35)60-39-22-14-21-37(30-39)50-46(56)41(51-45(55)36-19-12-7-13-20-36)29-33-23-25-38(26-24-33)53(2)3/h5-26,29-30,44H,4,27-28,31-32H2,1-3H3,(H,50,56)(H,51,55)(H,52,57)/b41-29+. The van der Waals surface area contributed by atoms with E-state index in [2.05, 4.69) is 33.0 Å². The van der Waals surface area contributed by atoms with Gasteiger partial charge in [0.1, 0.15) is 15.9 Å². The van der Waals surface area contributed by atoms with E-state index in [0.717, 1.165) is 40.3 Å². The van der Waals surface area contributed by atoms with Crippen molar-refractivity contribution in [3.8, 4) is 0 Å². The number of thioether (sulfide) groups is 1. The highest BCUT2D eigenvalue weighted by Gasteiger charge is 2.32. The van der Waals surface area contributed by atoms with Crippen molar-refractivity contribution in [1.29, 1.82) is 0 Å². The number of thiophene rings is 1. The molecule has 61 heavy (non-hydrogen) atoms. The topological polar surface area (TPSA) is 120 Å². The van der Waals surface area contributed by atoms with Gasteiger partial charge in [-0.15, -0.1) is 23.1 Å². The third kappa shape index (κ3) is 11.0. The molecule has 1 unspecified atom stereocenters. The maximum Gasteiger partial charge on any atom is 0.341 e. The van der Waals surface area contributed by atoms with Gasteiger partial charge in [0.2, 0.25) is 5.91 Å². The van der Waals surface area contributed by atoms with E-state index < -0.39 is 23.0 Å². The van der Waals surface area contributed by atoms with E-state index in [9.17, 15) is 19.2 Å². The first-order valence-corrected chi connectivity index (χ1v) is 21.7. The van der Waals surface area contributed by atoms with Gasteiger partial charge in [-0.25, -0.2) is 4.79 Å².